The van der Waals surface area contributed by atoms with Crippen LogP contribution in [0.4, 0.5) is 0 Å². The SMILES string of the molecule is COCC(C)OCC(O)CSc1cccc(CN)c1. The second-order valence-electron chi connectivity index (χ2n) is 4.42. The molecule has 0 aromatic heterocycles. The summed E-state index contributed by atoms with van der Waals surface area (Å²) in [5.41, 5.74) is 6.69. The van der Waals surface area contributed by atoms with Crippen LogP contribution in [0.15, 0.2) is 29.2 Å². The van der Waals surface area contributed by atoms with Crippen LogP contribution in [0.3, 0.4) is 0 Å². The summed E-state index contributed by atoms with van der Waals surface area (Å²) >= 11 is 1.61. The van der Waals surface area contributed by atoms with Gasteiger partial charge in [-0.1, -0.05) is 12.1 Å². The van der Waals surface area contributed by atoms with Crippen molar-refractivity contribution in [2.24, 2.45) is 5.73 Å². The first kappa shape index (κ1) is 16.5. The molecular weight excluding hydrogens is 262 g/mol. The van der Waals surface area contributed by atoms with Gasteiger partial charge < -0.3 is 20.3 Å². The molecule has 0 fully saturated rings. The Balaban J connectivity index is 2.27. The fraction of sp³-hybridized carbons (Fsp3) is 0.571. The third kappa shape index (κ3) is 6.94. The van der Waals surface area contributed by atoms with E-state index in [4.69, 9.17) is 15.2 Å². The lowest BCUT2D eigenvalue weighted by Crippen LogP contribution is -2.24. The first-order valence-corrected chi connectivity index (χ1v) is 7.34. The van der Waals surface area contributed by atoms with E-state index < -0.39 is 6.10 Å². The number of aliphatic hydroxyl groups is 1. The minimum Gasteiger partial charge on any atom is -0.390 e. The fourth-order valence-corrected chi connectivity index (χ4v) is 2.45. The molecule has 108 valence electrons. The molecule has 0 saturated carbocycles. The number of nitrogens with two attached hydrogens (primary N) is 1. The number of rotatable bonds is 9. The van der Waals surface area contributed by atoms with Gasteiger partial charge in [-0.05, 0) is 24.6 Å². The third-order valence-electron chi connectivity index (χ3n) is 2.55. The van der Waals surface area contributed by atoms with E-state index in [0.29, 0.717) is 25.5 Å². The fourth-order valence-electron chi connectivity index (χ4n) is 1.56. The Bertz CT molecular complexity index is 362. The van der Waals surface area contributed by atoms with E-state index in [0.717, 1.165) is 10.5 Å². The largest absolute Gasteiger partial charge is 0.390 e. The molecule has 0 aliphatic carbocycles. The molecule has 0 bridgehead atoms. The third-order valence-corrected chi connectivity index (χ3v) is 3.69. The Morgan fingerprint density at radius 3 is 2.84 bits per heavy atom. The molecule has 3 N–H and O–H groups in total. The van der Waals surface area contributed by atoms with Crippen molar-refractivity contribution in [3.63, 3.8) is 0 Å². The van der Waals surface area contributed by atoms with Gasteiger partial charge in [0.15, 0.2) is 0 Å². The van der Waals surface area contributed by atoms with E-state index in [-0.39, 0.29) is 6.10 Å². The van der Waals surface area contributed by atoms with Crippen LogP contribution < -0.4 is 5.73 Å². The zero-order valence-corrected chi connectivity index (χ0v) is 12.4. The summed E-state index contributed by atoms with van der Waals surface area (Å²) in [6.45, 7) is 3.33. The van der Waals surface area contributed by atoms with Crippen molar-refractivity contribution in [2.45, 2.75) is 30.6 Å². The smallest absolute Gasteiger partial charge is 0.0867 e. The first-order valence-electron chi connectivity index (χ1n) is 6.36. The van der Waals surface area contributed by atoms with E-state index in [9.17, 15) is 5.11 Å². The highest BCUT2D eigenvalue weighted by Crippen LogP contribution is 2.20. The molecule has 2 unspecified atom stereocenters. The zero-order valence-electron chi connectivity index (χ0n) is 11.5. The predicted molar refractivity (Wildman–Crippen MR) is 78.4 cm³/mol. The molecular formula is C14H23NO3S. The van der Waals surface area contributed by atoms with Crippen LogP contribution in [0.5, 0.6) is 0 Å². The number of hydrogen-bond donors (Lipinski definition) is 2. The zero-order chi connectivity index (χ0) is 14.1. The molecule has 0 saturated heterocycles. The van der Waals surface area contributed by atoms with Crippen LogP contribution >= 0.6 is 11.8 Å². The van der Waals surface area contributed by atoms with Gasteiger partial charge in [-0.25, -0.2) is 0 Å². The Hall–Kier alpha value is -0.590. The van der Waals surface area contributed by atoms with Gasteiger partial charge in [-0.3, -0.25) is 0 Å². The van der Waals surface area contributed by atoms with Gasteiger partial charge in [0.05, 0.1) is 25.4 Å². The number of ether oxygens (including phenoxy) is 2. The van der Waals surface area contributed by atoms with E-state index in [1.165, 1.54) is 0 Å². The van der Waals surface area contributed by atoms with Gasteiger partial charge in [0.25, 0.3) is 0 Å². The van der Waals surface area contributed by atoms with Crippen LogP contribution in [0.2, 0.25) is 0 Å². The molecule has 1 aromatic carbocycles. The van der Waals surface area contributed by atoms with Crippen LogP contribution in [-0.4, -0.2) is 43.4 Å². The molecule has 1 rings (SSSR count). The molecule has 4 nitrogen and oxygen atoms in total. The average molecular weight is 285 g/mol. The first-order chi connectivity index (χ1) is 9.15. The van der Waals surface area contributed by atoms with Crippen molar-refractivity contribution >= 4 is 11.8 Å². The Morgan fingerprint density at radius 1 is 1.37 bits per heavy atom. The van der Waals surface area contributed by atoms with Crippen LogP contribution in [0.25, 0.3) is 0 Å². The quantitative estimate of drug-likeness (QED) is 0.675. The van der Waals surface area contributed by atoms with Gasteiger partial charge in [-0.15, -0.1) is 11.8 Å². The van der Waals surface area contributed by atoms with Crippen molar-refractivity contribution in [1.29, 1.82) is 0 Å². The molecule has 5 heteroatoms. The number of methoxy groups -OCH3 is 1. The van der Waals surface area contributed by atoms with Crippen molar-refractivity contribution in [3.05, 3.63) is 29.8 Å². The Morgan fingerprint density at radius 2 is 2.16 bits per heavy atom. The number of hydrogen-bond acceptors (Lipinski definition) is 5. The van der Waals surface area contributed by atoms with Crippen LogP contribution in [-0.2, 0) is 16.0 Å². The highest BCUT2D eigenvalue weighted by Gasteiger charge is 2.09. The maximum Gasteiger partial charge on any atom is 0.0867 e. The second-order valence-corrected chi connectivity index (χ2v) is 5.51. The summed E-state index contributed by atoms with van der Waals surface area (Å²) in [6, 6.07) is 8.04. The van der Waals surface area contributed by atoms with Crippen molar-refractivity contribution in [1.82, 2.24) is 0 Å². The number of benzene rings is 1. The van der Waals surface area contributed by atoms with Gasteiger partial charge in [0.1, 0.15) is 0 Å². The molecule has 19 heavy (non-hydrogen) atoms. The highest BCUT2D eigenvalue weighted by molar-refractivity contribution is 7.99. The normalized spacial score (nSPS) is 14.3. The second kappa shape index (κ2) is 9.34. The van der Waals surface area contributed by atoms with E-state index in [1.807, 2.05) is 31.2 Å². The molecule has 0 amide bonds. The Kier molecular flexibility index (Phi) is 8.09. The summed E-state index contributed by atoms with van der Waals surface area (Å²) in [4.78, 5) is 1.12. The summed E-state index contributed by atoms with van der Waals surface area (Å²) in [7, 11) is 1.64. The van der Waals surface area contributed by atoms with Gasteiger partial charge in [0.2, 0.25) is 0 Å². The summed E-state index contributed by atoms with van der Waals surface area (Å²) < 4.78 is 10.4. The molecule has 0 aliphatic rings. The lowest BCUT2D eigenvalue weighted by Gasteiger charge is -2.15. The van der Waals surface area contributed by atoms with Gasteiger partial charge >= 0.3 is 0 Å². The molecule has 0 spiro atoms. The average Bonchev–Trinajstić information content (AvgIpc) is 2.43. The summed E-state index contributed by atoms with van der Waals surface area (Å²) in [5, 5.41) is 9.84. The summed E-state index contributed by atoms with van der Waals surface area (Å²) in [6.07, 6.45) is -0.476. The topological polar surface area (TPSA) is 64.7 Å². The standard InChI is InChI=1S/C14H23NO3S/c1-11(8-17-2)18-9-13(16)10-19-14-5-3-4-12(6-14)7-15/h3-6,11,13,16H,7-10,15H2,1-2H3. The number of aliphatic hydroxyl groups excluding tert-OH is 1. The van der Waals surface area contributed by atoms with Gasteiger partial charge in [0, 0.05) is 24.3 Å². The lowest BCUT2D eigenvalue weighted by molar-refractivity contribution is -0.0257. The maximum absolute atomic E-state index is 9.84. The predicted octanol–water partition coefficient (Wildman–Crippen LogP) is 1.65. The molecule has 2 atom stereocenters. The minimum atomic E-state index is -0.481. The molecule has 0 heterocycles. The van der Waals surface area contributed by atoms with Gasteiger partial charge in [-0.2, -0.15) is 0 Å². The molecule has 1 aromatic rings. The number of thioether (sulfide) groups is 1. The monoisotopic (exact) mass is 285 g/mol. The molecule has 0 radical (unpaired) electrons. The highest BCUT2D eigenvalue weighted by atomic mass is 32.2. The van der Waals surface area contributed by atoms with E-state index in [1.54, 1.807) is 18.9 Å². The van der Waals surface area contributed by atoms with E-state index in [2.05, 4.69) is 0 Å². The summed E-state index contributed by atoms with van der Waals surface area (Å²) in [5.74, 6) is 0.605. The van der Waals surface area contributed by atoms with E-state index >= 15 is 0 Å². The maximum atomic E-state index is 9.84. The van der Waals surface area contributed by atoms with Crippen molar-refractivity contribution in [3.8, 4) is 0 Å². The van der Waals surface area contributed by atoms with Crippen molar-refractivity contribution < 1.29 is 14.6 Å². The Labute approximate surface area is 119 Å². The lowest BCUT2D eigenvalue weighted by atomic mass is 10.2. The van der Waals surface area contributed by atoms with Crippen molar-refractivity contribution in [2.75, 3.05) is 26.1 Å². The van der Waals surface area contributed by atoms with Crippen LogP contribution in [0, 0.1) is 0 Å². The minimum absolute atomic E-state index is 0.00483. The van der Waals surface area contributed by atoms with Crippen LogP contribution in [0.1, 0.15) is 12.5 Å². The molecule has 0 aliphatic heterocycles.